The van der Waals surface area contributed by atoms with Crippen LogP contribution < -0.4 is 0 Å². The molecule has 0 radical (unpaired) electrons. The van der Waals surface area contributed by atoms with Gasteiger partial charge in [0.05, 0.1) is 12.5 Å². The number of carbonyl (C=O) groups is 2. The zero-order valence-electron chi connectivity index (χ0n) is 15.4. The second-order valence-electron chi connectivity index (χ2n) is 7.93. The Morgan fingerprint density at radius 1 is 1.15 bits per heavy atom. The molecule has 1 aromatic carbocycles. The summed E-state index contributed by atoms with van der Waals surface area (Å²) >= 11 is 0. The van der Waals surface area contributed by atoms with Crippen molar-refractivity contribution in [2.75, 3.05) is 26.3 Å². The molecule has 4 rings (SSSR count). The van der Waals surface area contributed by atoms with E-state index in [1.165, 1.54) is 5.56 Å². The number of likely N-dealkylation sites (tertiary alicyclic amines) is 2. The van der Waals surface area contributed by atoms with Gasteiger partial charge in [0.15, 0.2) is 0 Å². The molecule has 0 aliphatic carbocycles. The molecular weight excluding hydrogens is 328 g/mol. The number of benzene rings is 1. The largest absolute Gasteiger partial charge is 0.381 e. The van der Waals surface area contributed by atoms with Crippen molar-refractivity contribution in [3.8, 4) is 0 Å². The standard InChI is InChI=1S/C21H28N2O3/c24-19-7-10-21(23(19)15-17-5-2-1-3-6-17)9-4-12-22(13-11-21)20(25)18-8-14-26-16-18/h1-3,5-6,18H,4,7-16H2/t18-,21+/m1/s1. The highest BCUT2D eigenvalue weighted by Gasteiger charge is 2.46. The van der Waals surface area contributed by atoms with Crippen LogP contribution in [0, 0.1) is 5.92 Å². The number of nitrogens with zero attached hydrogens (tertiary/aromatic N) is 2. The third kappa shape index (κ3) is 3.37. The lowest BCUT2D eigenvalue weighted by molar-refractivity contribution is -0.135. The first kappa shape index (κ1) is 17.5. The van der Waals surface area contributed by atoms with Gasteiger partial charge in [0.25, 0.3) is 0 Å². The Morgan fingerprint density at radius 3 is 2.77 bits per heavy atom. The van der Waals surface area contributed by atoms with E-state index in [0.29, 0.717) is 26.2 Å². The molecular formula is C21H28N2O3. The number of ether oxygens (including phenoxy) is 1. The average Bonchev–Trinajstić information content (AvgIpc) is 3.23. The van der Waals surface area contributed by atoms with Crippen molar-refractivity contribution in [2.24, 2.45) is 5.92 Å². The minimum Gasteiger partial charge on any atom is -0.381 e. The molecule has 0 N–H and O–H groups in total. The van der Waals surface area contributed by atoms with Crippen LogP contribution in [0.5, 0.6) is 0 Å². The third-order valence-corrected chi connectivity index (χ3v) is 6.37. The molecule has 26 heavy (non-hydrogen) atoms. The van der Waals surface area contributed by atoms with Gasteiger partial charge in [-0.25, -0.2) is 0 Å². The maximum atomic E-state index is 12.8. The molecule has 140 valence electrons. The predicted octanol–water partition coefficient (Wildman–Crippen LogP) is 2.60. The van der Waals surface area contributed by atoms with Gasteiger partial charge < -0.3 is 14.5 Å². The fraction of sp³-hybridized carbons (Fsp3) is 0.619. The van der Waals surface area contributed by atoms with E-state index in [2.05, 4.69) is 17.0 Å². The van der Waals surface area contributed by atoms with Crippen molar-refractivity contribution in [1.82, 2.24) is 9.80 Å². The molecule has 3 heterocycles. The molecule has 0 bridgehead atoms. The topological polar surface area (TPSA) is 49.9 Å². The van der Waals surface area contributed by atoms with Gasteiger partial charge in [-0.2, -0.15) is 0 Å². The number of hydrogen-bond acceptors (Lipinski definition) is 3. The van der Waals surface area contributed by atoms with Crippen molar-refractivity contribution in [3.05, 3.63) is 35.9 Å². The molecule has 1 aromatic rings. The van der Waals surface area contributed by atoms with Gasteiger partial charge >= 0.3 is 0 Å². The first-order valence-corrected chi connectivity index (χ1v) is 9.89. The Balaban J connectivity index is 1.46. The molecule has 3 saturated heterocycles. The molecule has 1 spiro atoms. The molecule has 3 aliphatic heterocycles. The molecule has 2 atom stereocenters. The lowest BCUT2D eigenvalue weighted by atomic mass is 9.87. The lowest BCUT2D eigenvalue weighted by Gasteiger charge is -2.38. The number of amides is 2. The summed E-state index contributed by atoms with van der Waals surface area (Å²) in [5.41, 5.74) is 1.11. The second kappa shape index (κ2) is 7.39. The first-order chi connectivity index (χ1) is 12.7. The quantitative estimate of drug-likeness (QED) is 0.836. The number of carbonyl (C=O) groups excluding carboxylic acids is 2. The van der Waals surface area contributed by atoms with Gasteiger partial charge in [-0.3, -0.25) is 9.59 Å². The van der Waals surface area contributed by atoms with Gasteiger partial charge in [-0.05, 0) is 37.7 Å². The number of rotatable bonds is 3. The average molecular weight is 356 g/mol. The fourth-order valence-corrected chi connectivity index (χ4v) is 4.80. The monoisotopic (exact) mass is 356 g/mol. The van der Waals surface area contributed by atoms with Crippen molar-refractivity contribution < 1.29 is 14.3 Å². The summed E-state index contributed by atoms with van der Waals surface area (Å²) < 4.78 is 5.39. The maximum Gasteiger partial charge on any atom is 0.228 e. The molecule has 0 saturated carbocycles. The summed E-state index contributed by atoms with van der Waals surface area (Å²) in [6.07, 6.45) is 5.27. The summed E-state index contributed by atoms with van der Waals surface area (Å²) in [5, 5.41) is 0. The van der Waals surface area contributed by atoms with Crippen LogP contribution in [0.1, 0.15) is 44.1 Å². The fourth-order valence-electron chi connectivity index (χ4n) is 4.80. The van der Waals surface area contributed by atoms with Gasteiger partial charge in [-0.15, -0.1) is 0 Å². The summed E-state index contributed by atoms with van der Waals surface area (Å²) in [6.45, 7) is 3.52. The molecule has 0 aromatic heterocycles. The maximum absolute atomic E-state index is 12.8. The first-order valence-electron chi connectivity index (χ1n) is 9.89. The highest BCUT2D eigenvalue weighted by atomic mass is 16.5. The van der Waals surface area contributed by atoms with Crippen LogP contribution in [0.2, 0.25) is 0 Å². The van der Waals surface area contributed by atoms with Gasteiger partial charge in [0, 0.05) is 38.2 Å². The predicted molar refractivity (Wildman–Crippen MR) is 98.3 cm³/mol. The third-order valence-electron chi connectivity index (χ3n) is 6.37. The summed E-state index contributed by atoms with van der Waals surface area (Å²) in [5.74, 6) is 0.547. The van der Waals surface area contributed by atoms with Crippen LogP contribution in [0.25, 0.3) is 0 Å². The van der Waals surface area contributed by atoms with Crippen molar-refractivity contribution in [3.63, 3.8) is 0 Å². The Kier molecular flexibility index (Phi) is 4.98. The zero-order valence-corrected chi connectivity index (χ0v) is 15.4. The van der Waals surface area contributed by atoms with Crippen LogP contribution in [0.4, 0.5) is 0 Å². The van der Waals surface area contributed by atoms with Gasteiger partial charge in [0.1, 0.15) is 0 Å². The minimum atomic E-state index is -0.0753. The molecule has 0 unspecified atom stereocenters. The number of hydrogen-bond donors (Lipinski definition) is 0. The smallest absolute Gasteiger partial charge is 0.228 e. The van der Waals surface area contributed by atoms with E-state index in [1.54, 1.807) is 0 Å². The highest BCUT2D eigenvalue weighted by molar-refractivity contribution is 5.80. The minimum absolute atomic E-state index is 0.0367. The van der Waals surface area contributed by atoms with Crippen LogP contribution >= 0.6 is 0 Å². The Morgan fingerprint density at radius 2 is 2.00 bits per heavy atom. The molecule has 2 amide bonds. The summed E-state index contributed by atoms with van der Waals surface area (Å²) in [4.78, 5) is 29.5. The van der Waals surface area contributed by atoms with Crippen LogP contribution in [-0.2, 0) is 20.9 Å². The molecule has 5 nitrogen and oxygen atoms in total. The Hall–Kier alpha value is -1.88. The van der Waals surface area contributed by atoms with Crippen molar-refractivity contribution in [1.29, 1.82) is 0 Å². The van der Waals surface area contributed by atoms with E-state index in [9.17, 15) is 9.59 Å². The van der Waals surface area contributed by atoms with E-state index in [-0.39, 0.29) is 23.3 Å². The Bertz CT molecular complexity index is 656. The van der Waals surface area contributed by atoms with E-state index in [0.717, 1.165) is 45.2 Å². The lowest BCUT2D eigenvalue weighted by Crippen LogP contribution is -2.46. The van der Waals surface area contributed by atoms with Crippen LogP contribution in [0.15, 0.2) is 30.3 Å². The molecule has 3 fully saturated rings. The normalized spacial score (nSPS) is 29.4. The molecule has 5 heteroatoms. The van der Waals surface area contributed by atoms with E-state index >= 15 is 0 Å². The van der Waals surface area contributed by atoms with E-state index < -0.39 is 0 Å². The zero-order chi connectivity index (χ0) is 18.0. The summed E-state index contributed by atoms with van der Waals surface area (Å²) in [6, 6.07) is 10.2. The second-order valence-corrected chi connectivity index (χ2v) is 7.93. The van der Waals surface area contributed by atoms with Crippen LogP contribution in [0.3, 0.4) is 0 Å². The Labute approximate surface area is 155 Å². The van der Waals surface area contributed by atoms with Gasteiger partial charge in [-0.1, -0.05) is 30.3 Å². The van der Waals surface area contributed by atoms with Crippen molar-refractivity contribution >= 4 is 11.8 Å². The van der Waals surface area contributed by atoms with E-state index in [1.807, 2.05) is 23.1 Å². The highest BCUT2D eigenvalue weighted by Crippen LogP contribution is 2.40. The van der Waals surface area contributed by atoms with Crippen molar-refractivity contribution in [2.45, 2.75) is 50.6 Å². The van der Waals surface area contributed by atoms with Gasteiger partial charge in [0.2, 0.25) is 11.8 Å². The SMILES string of the molecule is O=C([C@@H]1CCOC1)N1CCC[C@]2(CCC(=O)N2Cc2ccccc2)CC1. The molecule has 3 aliphatic rings. The van der Waals surface area contributed by atoms with E-state index in [4.69, 9.17) is 4.74 Å². The summed E-state index contributed by atoms with van der Waals surface area (Å²) in [7, 11) is 0. The van der Waals surface area contributed by atoms with Crippen LogP contribution in [-0.4, -0.2) is 53.5 Å².